The zero-order valence-electron chi connectivity index (χ0n) is 16.5. The largest absolute Gasteiger partial charge is 0.337 e. The Kier molecular flexibility index (Phi) is 5.12. The van der Waals surface area contributed by atoms with E-state index in [1.54, 1.807) is 0 Å². The van der Waals surface area contributed by atoms with Gasteiger partial charge in [0.2, 0.25) is 5.95 Å². The van der Waals surface area contributed by atoms with Crippen molar-refractivity contribution in [1.82, 2.24) is 36.0 Å². The van der Waals surface area contributed by atoms with Crippen molar-refractivity contribution in [2.45, 2.75) is 39.3 Å². The third kappa shape index (κ3) is 4.12. The summed E-state index contributed by atoms with van der Waals surface area (Å²) in [5, 5.41) is 12.3. The van der Waals surface area contributed by atoms with Crippen molar-refractivity contribution in [3.8, 4) is 5.69 Å². The Morgan fingerprint density at radius 2 is 1.78 bits per heavy atom. The molecule has 2 atom stereocenters. The molecule has 0 amide bonds. The second-order valence-corrected chi connectivity index (χ2v) is 8.65. The predicted molar refractivity (Wildman–Crippen MR) is 106 cm³/mol. The van der Waals surface area contributed by atoms with Crippen molar-refractivity contribution < 1.29 is 0 Å². The van der Waals surface area contributed by atoms with Crippen LogP contribution in [0.15, 0.2) is 30.3 Å². The molecule has 2 N–H and O–H groups in total. The number of nitrogens with zero attached hydrogens (tertiary/aromatic N) is 6. The molecule has 0 bridgehead atoms. The maximum Gasteiger partial charge on any atom is 0.250 e. The molecule has 27 heavy (non-hydrogen) atoms. The van der Waals surface area contributed by atoms with Crippen molar-refractivity contribution in [2.24, 2.45) is 5.41 Å². The number of nitrogens with one attached hydrogen (secondary N) is 2. The number of hydrazine groups is 1. The first-order chi connectivity index (χ1) is 13.0. The Balaban J connectivity index is 1.32. The summed E-state index contributed by atoms with van der Waals surface area (Å²) >= 11 is 0. The second-order valence-electron chi connectivity index (χ2n) is 8.65. The number of hydrogen-bond donors (Lipinski definition) is 2. The molecule has 146 valence electrons. The van der Waals surface area contributed by atoms with E-state index in [1.165, 1.54) is 6.42 Å². The van der Waals surface area contributed by atoms with Gasteiger partial charge in [-0.1, -0.05) is 44.1 Å². The Morgan fingerprint density at radius 3 is 2.44 bits per heavy atom. The summed E-state index contributed by atoms with van der Waals surface area (Å²) in [6.07, 6.45) is 1.18. The Hall–Kier alpha value is -2.03. The molecule has 2 aliphatic heterocycles. The van der Waals surface area contributed by atoms with E-state index in [0.29, 0.717) is 12.1 Å². The highest BCUT2D eigenvalue weighted by Gasteiger charge is 2.34. The summed E-state index contributed by atoms with van der Waals surface area (Å²) in [5.74, 6) is 0.828. The summed E-state index contributed by atoms with van der Waals surface area (Å²) in [6.45, 7) is 11.9. The predicted octanol–water partition coefficient (Wildman–Crippen LogP) is 1.07. The van der Waals surface area contributed by atoms with Gasteiger partial charge in [0.25, 0.3) is 0 Å². The highest BCUT2D eigenvalue weighted by Crippen LogP contribution is 2.26. The van der Waals surface area contributed by atoms with Crippen LogP contribution in [0.4, 0.5) is 5.95 Å². The number of rotatable bonds is 4. The first kappa shape index (κ1) is 18.3. The molecule has 1 aromatic heterocycles. The summed E-state index contributed by atoms with van der Waals surface area (Å²) in [5.41, 5.74) is 8.25. The zero-order chi connectivity index (χ0) is 18.9. The fourth-order valence-electron chi connectivity index (χ4n) is 3.87. The van der Waals surface area contributed by atoms with Crippen LogP contribution in [0.1, 0.15) is 27.2 Å². The van der Waals surface area contributed by atoms with Crippen LogP contribution >= 0.6 is 0 Å². The van der Waals surface area contributed by atoms with Crippen LogP contribution in [-0.2, 0) is 0 Å². The average Bonchev–Trinajstić information content (AvgIpc) is 3.32. The SMILES string of the molecule is CC(C)(C)C1CC(CN2CCN(c3nnnn3-c3ccccc3)CC2)NN1. The maximum atomic E-state index is 4.27. The molecule has 1 aromatic carbocycles. The third-order valence-corrected chi connectivity index (χ3v) is 5.61. The zero-order valence-corrected chi connectivity index (χ0v) is 16.5. The summed E-state index contributed by atoms with van der Waals surface area (Å²) in [4.78, 5) is 4.82. The molecule has 2 aliphatic rings. The van der Waals surface area contributed by atoms with Crippen LogP contribution in [0.3, 0.4) is 0 Å². The molecule has 2 fully saturated rings. The van der Waals surface area contributed by atoms with Gasteiger partial charge in [0, 0.05) is 44.8 Å². The van der Waals surface area contributed by atoms with Gasteiger partial charge in [-0.15, -0.1) is 0 Å². The van der Waals surface area contributed by atoms with Crippen molar-refractivity contribution in [3.05, 3.63) is 30.3 Å². The quantitative estimate of drug-likeness (QED) is 0.834. The van der Waals surface area contributed by atoms with Gasteiger partial charge >= 0.3 is 0 Å². The van der Waals surface area contributed by atoms with E-state index in [4.69, 9.17) is 0 Å². The Labute approximate surface area is 160 Å². The number of tetrazole rings is 1. The summed E-state index contributed by atoms with van der Waals surface area (Å²) in [6, 6.07) is 11.1. The molecular formula is C19H30N8. The highest BCUT2D eigenvalue weighted by atomic mass is 15.6. The van der Waals surface area contributed by atoms with Gasteiger partial charge in [0.05, 0.1) is 5.69 Å². The fourth-order valence-corrected chi connectivity index (χ4v) is 3.87. The lowest BCUT2D eigenvalue weighted by Crippen LogP contribution is -2.51. The fraction of sp³-hybridized carbons (Fsp3) is 0.632. The van der Waals surface area contributed by atoms with Crippen LogP contribution in [0.25, 0.3) is 5.69 Å². The highest BCUT2D eigenvalue weighted by molar-refractivity contribution is 5.40. The van der Waals surface area contributed by atoms with Gasteiger partial charge in [-0.05, 0) is 34.4 Å². The first-order valence-electron chi connectivity index (χ1n) is 9.83. The van der Waals surface area contributed by atoms with E-state index in [1.807, 2.05) is 35.0 Å². The van der Waals surface area contributed by atoms with Gasteiger partial charge in [-0.25, -0.2) is 0 Å². The van der Waals surface area contributed by atoms with E-state index in [2.05, 4.69) is 56.9 Å². The molecule has 0 spiro atoms. The van der Waals surface area contributed by atoms with Gasteiger partial charge in [0.1, 0.15) is 0 Å². The number of para-hydroxylation sites is 1. The summed E-state index contributed by atoms with van der Waals surface area (Å²) in [7, 11) is 0. The van der Waals surface area contributed by atoms with Gasteiger partial charge in [0.15, 0.2) is 0 Å². The molecular weight excluding hydrogens is 340 g/mol. The van der Waals surface area contributed by atoms with Crippen LogP contribution < -0.4 is 15.8 Å². The van der Waals surface area contributed by atoms with Gasteiger partial charge < -0.3 is 4.90 Å². The molecule has 2 unspecified atom stereocenters. The molecule has 2 saturated heterocycles. The molecule has 2 aromatic rings. The van der Waals surface area contributed by atoms with Crippen LogP contribution in [0.2, 0.25) is 0 Å². The minimum absolute atomic E-state index is 0.287. The van der Waals surface area contributed by atoms with E-state index in [9.17, 15) is 0 Å². The van der Waals surface area contributed by atoms with Crippen molar-refractivity contribution >= 4 is 5.95 Å². The number of anilines is 1. The van der Waals surface area contributed by atoms with Crippen LogP contribution in [0, 0.1) is 5.41 Å². The molecule has 8 nitrogen and oxygen atoms in total. The van der Waals surface area contributed by atoms with Crippen molar-refractivity contribution in [3.63, 3.8) is 0 Å². The summed E-state index contributed by atoms with van der Waals surface area (Å²) < 4.78 is 1.83. The van der Waals surface area contributed by atoms with Crippen LogP contribution in [-0.4, -0.2) is 69.9 Å². The van der Waals surface area contributed by atoms with E-state index in [-0.39, 0.29) is 5.41 Å². The average molecular weight is 371 g/mol. The topological polar surface area (TPSA) is 74.1 Å². The van der Waals surface area contributed by atoms with Crippen molar-refractivity contribution in [2.75, 3.05) is 37.6 Å². The third-order valence-electron chi connectivity index (χ3n) is 5.61. The lowest BCUT2D eigenvalue weighted by atomic mass is 9.84. The number of benzene rings is 1. The standard InChI is InChI=1S/C19H30N8/c1-19(2,3)17-13-15(20-21-17)14-25-9-11-26(12-10-25)18-22-23-24-27(18)16-7-5-4-6-8-16/h4-8,15,17,20-21H,9-14H2,1-3H3. The normalized spacial score (nSPS) is 24.5. The van der Waals surface area contributed by atoms with E-state index in [0.717, 1.165) is 44.4 Å². The van der Waals surface area contributed by atoms with Gasteiger partial charge in [-0.2, -0.15) is 4.68 Å². The van der Waals surface area contributed by atoms with E-state index < -0.39 is 0 Å². The molecule has 4 rings (SSSR count). The lowest BCUT2D eigenvalue weighted by molar-refractivity contribution is 0.231. The lowest BCUT2D eigenvalue weighted by Gasteiger charge is -2.36. The molecule has 3 heterocycles. The molecule has 0 radical (unpaired) electrons. The maximum absolute atomic E-state index is 4.27. The van der Waals surface area contributed by atoms with Crippen LogP contribution in [0.5, 0.6) is 0 Å². The number of aromatic nitrogens is 4. The van der Waals surface area contributed by atoms with Crippen molar-refractivity contribution in [1.29, 1.82) is 0 Å². The number of hydrogen-bond acceptors (Lipinski definition) is 7. The number of piperazine rings is 1. The van der Waals surface area contributed by atoms with Gasteiger partial charge in [-0.3, -0.25) is 15.8 Å². The smallest absolute Gasteiger partial charge is 0.250 e. The first-order valence-corrected chi connectivity index (χ1v) is 9.83. The molecule has 0 aliphatic carbocycles. The molecule has 0 saturated carbocycles. The Bertz CT molecular complexity index is 730. The second kappa shape index (κ2) is 7.53. The molecule has 8 heteroatoms. The monoisotopic (exact) mass is 370 g/mol. The minimum Gasteiger partial charge on any atom is -0.337 e. The minimum atomic E-state index is 0.287. The Morgan fingerprint density at radius 1 is 1.04 bits per heavy atom. The van der Waals surface area contributed by atoms with E-state index >= 15 is 0 Å².